The summed E-state index contributed by atoms with van der Waals surface area (Å²) in [5.74, 6) is 2.20. The van der Waals surface area contributed by atoms with Crippen molar-refractivity contribution < 1.29 is 4.79 Å². The number of carbonyl (C=O) groups excluding carboxylic acids is 1. The van der Waals surface area contributed by atoms with Gasteiger partial charge in [0.05, 0.1) is 24.1 Å². The molecule has 4 heterocycles. The van der Waals surface area contributed by atoms with E-state index >= 15 is 0 Å². The van der Waals surface area contributed by atoms with Crippen molar-refractivity contribution in [3.8, 4) is 0 Å². The number of nitrogens with zero attached hydrogens (tertiary/aromatic N) is 5. The Morgan fingerprint density at radius 3 is 2.67 bits per heavy atom. The van der Waals surface area contributed by atoms with Crippen LogP contribution < -0.4 is 21.3 Å². The third-order valence-electron chi connectivity index (χ3n) is 7.29. The Labute approximate surface area is 197 Å². The number of amides is 2. The molecule has 2 aliphatic carbocycles. The van der Waals surface area contributed by atoms with Crippen LogP contribution in [0.25, 0.3) is 0 Å². The largest absolute Gasteiger partial charge is 0.366 e. The maximum atomic E-state index is 12.4. The molecule has 176 valence electrons. The predicted octanol–water partition coefficient (Wildman–Crippen LogP) is 2.60. The maximum absolute atomic E-state index is 12.4. The smallest absolute Gasteiger partial charge is 0.317 e. The quantitative estimate of drug-likeness (QED) is 0.512. The number of rotatable bonds is 6. The summed E-state index contributed by atoms with van der Waals surface area (Å²) in [5.41, 5.74) is 0.857. The molecule has 4 aliphatic rings. The second kappa shape index (κ2) is 8.64. The van der Waals surface area contributed by atoms with E-state index in [2.05, 4.69) is 36.3 Å². The molecular weight excluding hydrogens is 442 g/mol. The molecule has 10 nitrogen and oxygen atoms in total. The summed E-state index contributed by atoms with van der Waals surface area (Å²) in [6.45, 7) is 3.65. The van der Waals surface area contributed by atoms with E-state index in [1.54, 1.807) is 12.4 Å². The number of anilines is 3. The highest BCUT2D eigenvalue weighted by atomic mass is 35.5. The van der Waals surface area contributed by atoms with Crippen LogP contribution >= 0.6 is 11.6 Å². The first kappa shape index (κ1) is 21.0. The van der Waals surface area contributed by atoms with Gasteiger partial charge in [-0.3, -0.25) is 4.68 Å². The topological polar surface area (TPSA) is 112 Å². The van der Waals surface area contributed by atoms with Crippen molar-refractivity contribution in [2.45, 2.75) is 50.2 Å². The van der Waals surface area contributed by atoms with E-state index < -0.39 is 0 Å². The Morgan fingerprint density at radius 1 is 1.12 bits per heavy atom. The first-order valence-corrected chi connectivity index (χ1v) is 12.3. The maximum Gasteiger partial charge on any atom is 0.317 e. The average Bonchev–Trinajstić information content (AvgIpc) is 3.23. The molecule has 0 radical (unpaired) electrons. The molecular formula is C22H30ClN9O. The zero-order valence-corrected chi connectivity index (χ0v) is 19.3. The lowest BCUT2D eigenvalue weighted by Crippen LogP contribution is -2.40. The van der Waals surface area contributed by atoms with Gasteiger partial charge in [-0.25, -0.2) is 9.78 Å². The van der Waals surface area contributed by atoms with Crippen LogP contribution in [0.15, 0.2) is 18.6 Å². The van der Waals surface area contributed by atoms with Gasteiger partial charge in [-0.2, -0.15) is 10.1 Å². The summed E-state index contributed by atoms with van der Waals surface area (Å²) in [6.07, 6.45) is 10.8. The molecule has 2 aliphatic heterocycles. The molecule has 4 N–H and O–H groups in total. The summed E-state index contributed by atoms with van der Waals surface area (Å²) in [7, 11) is 0. The molecule has 2 saturated carbocycles. The Hall–Kier alpha value is -2.59. The monoisotopic (exact) mass is 471 g/mol. The van der Waals surface area contributed by atoms with Gasteiger partial charge in [0.2, 0.25) is 5.95 Å². The molecule has 33 heavy (non-hydrogen) atoms. The molecule has 4 fully saturated rings. The lowest BCUT2D eigenvalue weighted by molar-refractivity contribution is 0.204. The number of fused-ring (bicyclic) bond motifs is 1. The predicted molar refractivity (Wildman–Crippen MR) is 126 cm³/mol. The van der Waals surface area contributed by atoms with Crippen molar-refractivity contribution in [2.75, 3.05) is 36.8 Å². The van der Waals surface area contributed by atoms with Crippen LogP contribution in [0.2, 0.25) is 5.02 Å². The highest BCUT2D eigenvalue weighted by Gasteiger charge is 2.43. The van der Waals surface area contributed by atoms with Gasteiger partial charge in [0, 0.05) is 37.9 Å². The summed E-state index contributed by atoms with van der Waals surface area (Å²) in [6, 6.07) is 1.20. The Kier molecular flexibility index (Phi) is 5.49. The van der Waals surface area contributed by atoms with Crippen molar-refractivity contribution in [1.82, 2.24) is 35.3 Å². The minimum atomic E-state index is 0.110. The number of urea groups is 1. The Morgan fingerprint density at radius 2 is 1.94 bits per heavy atom. The summed E-state index contributed by atoms with van der Waals surface area (Å²) in [5, 5.41) is 18.2. The number of hydrogen-bond acceptors (Lipinski definition) is 7. The molecule has 2 amide bonds. The second-order valence-electron chi connectivity index (χ2n) is 9.83. The van der Waals surface area contributed by atoms with Crippen LogP contribution in [-0.2, 0) is 0 Å². The standard InChI is InChI=1S/C22H30ClN9O/c23-19-9-25-21(28-17-7-26-32(12-17)18-3-4-24-8-18)30-20(19)27-16-5-13-10-31(11-14(13)6-16)22(33)29-15-1-2-15/h7,9,12-16,18,24H,1-6,8,10-11H2,(H,29,33)(H2,25,27,28,30). The van der Waals surface area contributed by atoms with E-state index in [-0.39, 0.29) is 6.03 Å². The van der Waals surface area contributed by atoms with Gasteiger partial charge in [0.25, 0.3) is 0 Å². The SMILES string of the molecule is O=C(NC1CC1)N1CC2CC(Nc3nc(Nc4cnn(C5CCNC5)c4)ncc3Cl)CC2C1. The molecule has 0 bridgehead atoms. The molecule has 3 atom stereocenters. The molecule has 6 rings (SSSR count). The van der Waals surface area contributed by atoms with Crippen molar-refractivity contribution in [2.24, 2.45) is 11.8 Å². The van der Waals surface area contributed by atoms with Crippen molar-refractivity contribution in [3.63, 3.8) is 0 Å². The number of carbonyl (C=O) groups is 1. The van der Waals surface area contributed by atoms with E-state index in [0.29, 0.717) is 46.8 Å². The van der Waals surface area contributed by atoms with E-state index in [4.69, 9.17) is 11.6 Å². The fourth-order valence-electron chi connectivity index (χ4n) is 5.40. The van der Waals surface area contributed by atoms with Gasteiger partial charge in [-0.15, -0.1) is 0 Å². The fraction of sp³-hybridized carbons (Fsp3) is 0.636. The fourth-order valence-corrected chi connectivity index (χ4v) is 5.54. The van der Waals surface area contributed by atoms with Crippen LogP contribution in [0, 0.1) is 11.8 Å². The van der Waals surface area contributed by atoms with Gasteiger partial charge >= 0.3 is 6.03 Å². The Balaban J connectivity index is 1.05. The van der Waals surface area contributed by atoms with Crippen LogP contribution in [0.4, 0.5) is 22.2 Å². The van der Waals surface area contributed by atoms with E-state index in [1.807, 2.05) is 15.8 Å². The molecule has 11 heteroatoms. The van der Waals surface area contributed by atoms with Crippen LogP contribution in [0.3, 0.4) is 0 Å². The van der Waals surface area contributed by atoms with E-state index in [9.17, 15) is 4.79 Å². The first-order valence-electron chi connectivity index (χ1n) is 12.0. The van der Waals surface area contributed by atoms with Crippen LogP contribution in [0.1, 0.15) is 38.1 Å². The molecule has 2 aromatic rings. The van der Waals surface area contributed by atoms with Crippen molar-refractivity contribution in [1.29, 1.82) is 0 Å². The van der Waals surface area contributed by atoms with Gasteiger partial charge in [-0.1, -0.05) is 11.6 Å². The average molecular weight is 472 g/mol. The first-order chi connectivity index (χ1) is 16.1. The van der Waals surface area contributed by atoms with Crippen molar-refractivity contribution >= 4 is 35.1 Å². The lowest BCUT2D eigenvalue weighted by atomic mass is 10.0. The van der Waals surface area contributed by atoms with Crippen molar-refractivity contribution in [3.05, 3.63) is 23.6 Å². The molecule has 0 spiro atoms. The Bertz CT molecular complexity index is 1010. The normalized spacial score (nSPS) is 28.7. The summed E-state index contributed by atoms with van der Waals surface area (Å²) < 4.78 is 1.99. The number of halogens is 1. The molecule has 0 aromatic carbocycles. The van der Waals surface area contributed by atoms with Gasteiger partial charge in [0.1, 0.15) is 5.02 Å². The lowest BCUT2D eigenvalue weighted by Gasteiger charge is -2.21. The summed E-state index contributed by atoms with van der Waals surface area (Å²) in [4.78, 5) is 23.3. The number of likely N-dealkylation sites (tertiary alicyclic amines) is 1. The van der Waals surface area contributed by atoms with Gasteiger partial charge in [-0.05, 0) is 50.5 Å². The minimum Gasteiger partial charge on any atom is -0.366 e. The van der Waals surface area contributed by atoms with E-state index in [0.717, 1.165) is 64.0 Å². The highest BCUT2D eigenvalue weighted by Crippen LogP contribution is 2.40. The van der Waals surface area contributed by atoms with Crippen LogP contribution in [-0.4, -0.2) is 68.9 Å². The third kappa shape index (κ3) is 4.59. The molecule has 2 aromatic heterocycles. The van der Waals surface area contributed by atoms with E-state index in [1.165, 1.54) is 0 Å². The number of aromatic nitrogens is 4. The van der Waals surface area contributed by atoms with Gasteiger partial charge in [0.15, 0.2) is 5.82 Å². The summed E-state index contributed by atoms with van der Waals surface area (Å²) >= 11 is 6.41. The van der Waals surface area contributed by atoms with Gasteiger partial charge < -0.3 is 26.2 Å². The minimum absolute atomic E-state index is 0.110. The number of nitrogens with one attached hydrogen (secondary N) is 4. The zero-order valence-electron chi connectivity index (χ0n) is 18.5. The third-order valence-corrected chi connectivity index (χ3v) is 7.57. The number of hydrogen-bond donors (Lipinski definition) is 4. The second-order valence-corrected chi connectivity index (χ2v) is 10.2. The highest BCUT2D eigenvalue weighted by molar-refractivity contribution is 6.32. The zero-order chi connectivity index (χ0) is 22.4. The molecule has 2 saturated heterocycles. The van der Waals surface area contributed by atoms with Crippen LogP contribution in [0.5, 0.6) is 0 Å². The molecule has 3 unspecified atom stereocenters.